The fourth-order valence-electron chi connectivity index (χ4n) is 2.45. The van der Waals surface area contributed by atoms with E-state index < -0.39 is 0 Å². The Morgan fingerprint density at radius 1 is 1.35 bits per heavy atom. The second-order valence-electron chi connectivity index (χ2n) is 5.62. The van der Waals surface area contributed by atoms with E-state index in [1.54, 1.807) is 0 Å². The average Bonchev–Trinajstić information content (AvgIpc) is 2.50. The van der Waals surface area contributed by atoms with Gasteiger partial charge in [-0.15, -0.1) is 0 Å². The molecule has 1 aliphatic heterocycles. The van der Waals surface area contributed by atoms with Crippen LogP contribution in [0, 0.1) is 5.41 Å². The third-order valence-corrected chi connectivity index (χ3v) is 4.26. The third kappa shape index (κ3) is 3.21. The summed E-state index contributed by atoms with van der Waals surface area (Å²) in [5.41, 5.74) is 1.78. The molecular formula is C14H21BrN2. The Bertz CT molecular complexity index is 376. The van der Waals surface area contributed by atoms with Gasteiger partial charge in [0.2, 0.25) is 0 Å². The molecule has 0 saturated carbocycles. The summed E-state index contributed by atoms with van der Waals surface area (Å²) in [4.78, 5) is 7.01. The van der Waals surface area contributed by atoms with Gasteiger partial charge in [0.25, 0.3) is 0 Å². The highest BCUT2D eigenvalue weighted by atomic mass is 79.9. The molecule has 0 aromatic carbocycles. The maximum atomic E-state index is 4.56. The molecule has 0 radical (unpaired) electrons. The highest BCUT2D eigenvalue weighted by Crippen LogP contribution is 2.32. The summed E-state index contributed by atoms with van der Waals surface area (Å²) in [6.45, 7) is 7.02. The van der Waals surface area contributed by atoms with Gasteiger partial charge in [0.1, 0.15) is 5.82 Å². The smallest absolute Gasteiger partial charge is 0.132 e. The number of nitrogens with zero attached hydrogens (tertiary/aromatic N) is 2. The van der Waals surface area contributed by atoms with Crippen molar-refractivity contribution in [1.29, 1.82) is 0 Å². The summed E-state index contributed by atoms with van der Waals surface area (Å²) in [6, 6.07) is 4.18. The molecule has 17 heavy (non-hydrogen) atoms. The summed E-state index contributed by atoms with van der Waals surface area (Å²) >= 11 is 3.55. The standard InChI is InChI=1S/C14H21BrN2/c1-14(2)6-4-9-17(10-7-14)13-12(11-15)5-3-8-16-13/h3,5,8H,4,6-7,9-11H2,1-2H3. The molecule has 0 aliphatic carbocycles. The van der Waals surface area contributed by atoms with Gasteiger partial charge in [-0.3, -0.25) is 0 Å². The second-order valence-corrected chi connectivity index (χ2v) is 6.19. The molecule has 2 heterocycles. The van der Waals surface area contributed by atoms with Crippen molar-refractivity contribution in [2.75, 3.05) is 18.0 Å². The lowest BCUT2D eigenvalue weighted by molar-refractivity contribution is 0.325. The molecule has 1 fully saturated rings. The van der Waals surface area contributed by atoms with E-state index in [1.807, 2.05) is 12.3 Å². The van der Waals surface area contributed by atoms with Crippen LogP contribution in [-0.4, -0.2) is 18.1 Å². The lowest BCUT2D eigenvalue weighted by atomic mass is 9.85. The molecule has 1 aliphatic rings. The molecule has 0 amide bonds. The minimum atomic E-state index is 0.484. The molecule has 2 rings (SSSR count). The summed E-state index contributed by atoms with van der Waals surface area (Å²) < 4.78 is 0. The first-order chi connectivity index (χ1) is 8.12. The van der Waals surface area contributed by atoms with Crippen molar-refractivity contribution in [1.82, 2.24) is 4.98 Å². The third-order valence-electron chi connectivity index (χ3n) is 3.65. The van der Waals surface area contributed by atoms with E-state index in [2.05, 4.69) is 45.7 Å². The highest BCUT2D eigenvalue weighted by molar-refractivity contribution is 9.08. The van der Waals surface area contributed by atoms with Crippen LogP contribution in [-0.2, 0) is 5.33 Å². The Morgan fingerprint density at radius 2 is 2.18 bits per heavy atom. The van der Waals surface area contributed by atoms with Crippen LogP contribution in [0.25, 0.3) is 0 Å². The van der Waals surface area contributed by atoms with Crippen LogP contribution in [0.5, 0.6) is 0 Å². The molecule has 0 spiro atoms. The zero-order valence-electron chi connectivity index (χ0n) is 10.7. The van der Waals surface area contributed by atoms with Gasteiger partial charge in [-0.2, -0.15) is 0 Å². The van der Waals surface area contributed by atoms with Crippen LogP contribution in [0.4, 0.5) is 5.82 Å². The van der Waals surface area contributed by atoms with Crippen LogP contribution >= 0.6 is 15.9 Å². The Morgan fingerprint density at radius 3 is 2.94 bits per heavy atom. The molecule has 1 aromatic heterocycles. The topological polar surface area (TPSA) is 16.1 Å². The van der Waals surface area contributed by atoms with Crippen LogP contribution in [0.1, 0.15) is 38.7 Å². The SMILES string of the molecule is CC1(C)CCCN(c2ncccc2CBr)CC1. The minimum Gasteiger partial charge on any atom is -0.356 e. The first-order valence-corrected chi connectivity index (χ1v) is 7.49. The number of hydrogen-bond donors (Lipinski definition) is 0. The molecule has 2 nitrogen and oxygen atoms in total. The number of alkyl halides is 1. The molecule has 0 atom stereocenters. The Kier molecular flexibility index (Phi) is 4.08. The fraction of sp³-hybridized carbons (Fsp3) is 0.643. The maximum absolute atomic E-state index is 4.56. The first-order valence-electron chi connectivity index (χ1n) is 6.37. The first kappa shape index (κ1) is 12.9. The summed E-state index contributed by atoms with van der Waals surface area (Å²) in [5.74, 6) is 1.17. The predicted octanol–water partition coefficient (Wildman–Crippen LogP) is 3.99. The van der Waals surface area contributed by atoms with Gasteiger partial charge >= 0.3 is 0 Å². The summed E-state index contributed by atoms with van der Waals surface area (Å²) in [6.07, 6.45) is 5.74. The largest absolute Gasteiger partial charge is 0.356 e. The Hall–Kier alpha value is -0.570. The van der Waals surface area contributed by atoms with E-state index in [-0.39, 0.29) is 0 Å². The van der Waals surface area contributed by atoms with Crippen LogP contribution in [0.15, 0.2) is 18.3 Å². The zero-order valence-corrected chi connectivity index (χ0v) is 12.3. The van der Waals surface area contributed by atoms with Gasteiger partial charge < -0.3 is 4.90 Å². The highest BCUT2D eigenvalue weighted by Gasteiger charge is 2.24. The van der Waals surface area contributed by atoms with Crippen molar-refractivity contribution in [3.05, 3.63) is 23.9 Å². The minimum absolute atomic E-state index is 0.484. The number of halogens is 1. The van der Waals surface area contributed by atoms with Crippen molar-refractivity contribution in [2.24, 2.45) is 5.41 Å². The normalized spacial score (nSPS) is 20.1. The van der Waals surface area contributed by atoms with Crippen LogP contribution in [0.2, 0.25) is 0 Å². The van der Waals surface area contributed by atoms with Crippen molar-refractivity contribution in [3.63, 3.8) is 0 Å². The van der Waals surface area contributed by atoms with Crippen molar-refractivity contribution in [3.8, 4) is 0 Å². The van der Waals surface area contributed by atoms with Gasteiger partial charge in [-0.1, -0.05) is 35.8 Å². The summed E-state index contributed by atoms with van der Waals surface area (Å²) in [5, 5.41) is 0.885. The predicted molar refractivity (Wildman–Crippen MR) is 76.7 cm³/mol. The maximum Gasteiger partial charge on any atom is 0.132 e. The van der Waals surface area contributed by atoms with E-state index >= 15 is 0 Å². The lowest BCUT2D eigenvalue weighted by Gasteiger charge is -2.25. The van der Waals surface area contributed by atoms with Crippen molar-refractivity contribution in [2.45, 2.75) is 38.4 Å². The molecule has 1 aromatic rings. The van der Waals surface area contributed by atoms with Crippen molar-refractivity contribution >= 4 is 21.7 Å². The van der Waals surface area contributed by atoms with Crippen LogP contribution < -0.4 is 4.90 Å². The molecule has 3 heteroatoms. The van der Waals surface area contributed by atoms with E-state index in [9.17, 15) is 0 Å². The molecule has 1 saturated heterocycles. The zero-order chi connectivity index (χ0) is 12.3. The Labute approximate surface area is 113 Å². The van der Waals surface area contributed by atoms with Gasteiger partial charge in [-0.05, 0) is 30.7 Å². The van der Waals surface area contributed by atoms with E-state index in [1.165, 1.54) is 30.6 Å². The average molecular weight is 297 g/mol. The van der Waals surface area contributed by atoms with Gasteiger partial charge in [0, 0.05) is 30.2 Å². The van der Waals surface area contributed by atoms with Crippen LogP contribution in [0.3, 0.4) is 0 Å². The number of anilines is 1. The number of pyridine rings is 1. The molecule has 0 bridgehead atoms. The van der Waals surface area contributed by atoms with E-state index in [0.29, 0.717) is 5.41 Å². The molecule has 94 valence electrons. The van der Waals surface area contributed by atoms with Gasteiger partial charge in [0.05, 0.1) is 0 Å². The fourth-order valence-corrected chi connectivity index (χ4v) is 2.89. The van der Waals surface area contributed by atoms with E-state index in [0.717, 1.165) is 18.4 Å². The number of aromatic nitrogens is 1. The van der Waals surface area contributed by atoms with Crippen molar-refractivity contribution < 1.29 is 0 Å². The number of rotatable bonds is 2. The van der Waals surface area contributed by atoms with Gasteiger partial charge in [0.15, 0.2) is 0 Å². The second kappa shape index (κ2) is 5.38. The van der Waals surface area contributed by atoms with Gasteiger partial charge in [-0.25, -0.2) is 4.98 Å². The molecule has 0 unspecified atom stereocenters. The lowest BCUT2D eigenvalue weighted by Crippen LogP contribution is -2.26. The number of hydrogen-bond acceptors (Lipinski definition) is 2. The van der Waals surface area contributed by atoms with E-state index in [4.69, 9.17) is 0 Å². The summed E-state index contributed by atoms with van der Waals surface area (Å²) in [7, 11) is 0. The molecule has 0 N–H and O–H groups in total. The quantitative estimate of drug-likeness (QED) is 0.767. The Balaban J connectivity index is 2.17. The monoisotopic (exact) mass is 296 g/mol. The molecular weight excluding hydrogens is 276 g/mol.